The molecule has 146 valence electrons. The van der Waals surface area contributed by atoms with Crippen molar-refractivity contribution in [3.05, 3.63) is 35.9 Å². The Bertz CT molecular complexity index is 587. The van der Waals surface area contributed by atoms with Gasteiger partial charge in [0.2, 0.25) is 5.91 Å². The van der Waals surface area contributed by atoms with Gasteiger partial charge in [-0.1, -0.05) is 6.08 Å². The van der Waals surface area contributed by atoms with Gasteiger partial charge < -0.3 is 20.1 Å². The van der Waals surface area contributed by atoms with Crippen molar-refractivity contribution in [3.8, 4) is 11.5 Å². The molecule has 2 N–H and O–H groups in total. The maximum atomic E-state index is 12.1. The molecule has 1 aromatic carbocycles. The van der Waals surface area contributed by atoms with Crippen molar-refractivity contribution in [2.75, 3.05) is 27.3 Å². The lowest BCUT2D eigenvalue weighted by Gasteiger charge is -2.22. The number of hydrogen-bond donors (Lipinski definition) is 2. The zero-order chi connectivity index (χ0) is 18.1. The van der Waals surface area contributed by atoms with Gasteiger partial charge in [0.1, 0.15) is 0 Å². The van der Waals surface area contributed by atoms with Crippen molar-refractivity contribution in [1.82, 2.24) is 10.6 Å². The van der Waals surface area contributed by atoms with Gasteiger partial charge in [-0.15, -0.1) is 19.0 Å². The Labute approximate surface area is 162 Å². The van der Waals surface area contributed by atoms with Crippen LogP contribution in [0.25, 0.3) is 0 Å². The van der Waals surface area contributed by atoms with Gasteiger partial charge in [0.05, 0.1) is 14.2 Å². The summed E-state index contributed by atoms with van der Waals surface area (Å²) in [7, 11) is 3.25. The Hall–Kier alpha value is -1.72. The Balaban J connectivity index is 0.00000338. The predicted octanol–water partition coefficient (Wildman–Crippen LogP) is 3.25. The van der Waals surface area contributed by atoms with E-state index >= 15 is 0 Å². The van der Waals surface area contributed by atoms with E-state index in [-0.39, 0.29) is 18.3 Å². The van der Waals surface area contributed by atoms with Crippen molar-refractivity contribution in [1.29, 1.82) is 0 Å². The number of halogens is 1. The molecule has 0 radical (unpaired) electrons. The Morgan fingerprint density at radius 2 is 2.04 bits per heavy atom. The summed E-state index contributed by atoms with van der Waals surface area (Å²) in [6, 6.07) is 3.95. The SMILES string of the molecule is C=CCc1cc(CNC(=O)CCC2CCNCC2)cc(OC)c1OC.Cl. The summed E-state index contributed by atoms with van der Waals surface area (Å²) >= 11 is 0. The second-order valence-electron chi connectivity index (χ2n) is 6.49. The average Bonchev–Trinajstić information content (AvgIpc) is 2.65. The molecule has 0 bridgehead atoms. The van der Waals surface area contributed by atoms with Gasteiger partial charge in [-0.05, 0) is 62.4 Å². The second-order valence-corrected chi connectivity index (χ2v) is 6.49. The molecule has 1 fully saturated rings. The number of hydrogen-bond acceptors (Lipinski definition) is 4. The van der Waals surface area contributed by atoms with Gasteiger partial charge in [-0.3, -0.25) is 4.79 Å². The van der Waals surface area contributed by atoms with Crippen molar-refractivity contribution < 1.29 is 14.3 Å². The van der Waals surface area contributed by atoms with Crippen LogP contribution in [0.15, 0.2) is 24.8 Å². The summed E-state index contributed by atoms with van der Waals surface area (Å²) in [6.45, 7) is 6.43. The first-order valence-electron chi connectivity index (χ1n) is 9.00. The molecule has 2 rings (SSSR count). The van der Waals surface area contributed by atoms with Gasteiger partial charge in [-0.2, -0.15) is 0 Å². The number of nitrogens with one attached hydrogen (secondary N) is 2. The minimum absolute atomic E-state index is 0. The minimum Gasteiger partial charge on any atom is -0.493 e. The minimum atomic E-state index is 0. The number of amides is 1. The fraction of sp³-hybridized carbons (Fsp3) is 0.550. The quantitative estimate of drug-likeness (QED) is 0.643. The third-order valence-corrected chi connectivity index (χ3v) is 4.71. The van der Waals surface area contributed by atoms with Crippen LogP contribution in [0, 0.1) is 5.92 Å². The van der Waals surface area contributed by atoms with Gasteiger partial charge >= 0.3 is 0 Å². The molecule has 1 saturated heterocycles. The molecule has 1 aromatic rings. The Morgan fingerprint density at radius 1 is 1.31 bits per heavy atom. The molecule has 6 heteroatoms. The molecule has 26 heavy (non-hydrogen) atoms. The fourth-order valence-electron chi connectivity index (χ4n) is 3.31. The van der Waals surface area contributed by atoms with Crippen LogP contribution in [0.2, 0.25) is 0 Å². The molecule has 1 aliphatic heterocycles. The molecule has 0 aliphatic carbocycles. The molecule has 0 aromatic heterocycles. The maximum Gasteiger partial charge on any atom is 0.220 e. The molecule has 5 nitrogen and oxygen atoms in total. The van der Waals surface area contributed by atoms with Crippen molar-refractivity contribution in [2.45, 2.75) is 38.6 Å². The highest BCUT2D eigenvalue weighted by Crippen LogP contribution is 2.33. The highest BCUT2D eigenvalue weighted by molar-refractivity contribution is 5.85. The number of carbonyl (C=O) groups is 1. The number of methoxy groups -OCH3 is 2. The molecular weight excluding hydrogens is 352 g/mol. The van der Waals surface area contributed by atoms with E-state index in [0.717, 1.165) is 36.4 Å². The van der Waals surface area contributed by atoms with Crippen molar-refractivity contribution in [3.63, 3.8) is 0 Å². The first-order valence-corrected chi connectivity index (χ1v) is 9.00. The number of ether oxygens (including phenoxy) is 2. The highest BCUT2D eigenvalue weighted by Gasteiger charge is 2.15. The van der Waals surface area contributed by atoms with Gasteiger partial charge in [0.25, 0.3) is 0 Å². The Morgan fingerprint density at radius 3 is 2.65 bits per heavy atom. The normalized spacial score (nSPS) is 14.2. The third-order valence-electron chi connectivity index (χ3n) is 4.71. The lowest BCUT2D eigenvalue weighted by Crippen LogP contribution is -2.29. The molecule has 1 amide bonds. The molecule has 1 heterocycles. The van der Waals surface area contributed by atoms with Crippen LogP contribution >= 0.6 is 12.4 Å². The smallest absolute Gasteiger partial charge is 0.220 e. The zero-order valence-corrected chi connectivity index (χ0v) is 16.6. The van der Waals surface area contributed by atoms with E-state index in [0.29, 0.717) is 31.1 Å². The lowest BCUT2D eigenvalue weighted by atomic mass is 9.93. The van der Waals surface area contributed by atoms with Crippen molar-refractivity contribution >= 4 is 18.3 Å². The molecule has 0 spiro atoms. The van der Waals surface area contributed by atoms with Gasteiger partial charge in [-0.25, -0.2) is 0 Å². The number of rotatable bonds is 9. The topological polar surface area (TPSA) is 59.6 Å². The first-order chi connectivity index (χ1) is 12.2. The number of allylic oxidation sites excluding steroid dienone is 1. The average molecular weight is 383 g/mol. The van der Waals surface area contributed by atoms with Crippen molar-refractivity contribution in [2.24, 2.45) is 5.92 Å². The summed E-state index contributed by atoms with van der Waals surface area (Å²) in [5.74, 6) is 2.19. The molecule has 0 saturated carbocycles. The van der Waals surface area contributed by atoms with E-state index in [1.54, 1.807) is 14.2 Å². The second kappa shape index (κ2) is 11.8. The standard InChI is InChI=1S/C20H30N2O3.ClH/c1-4-5-17-12-16(13-18(24-2)20(17)25-3)14-22-19(23)7-6-15-8-10-21-11-9-15;/h4,12-13,15,21H,1,5-11,14H2,2-3H3,(H,22,23);1H. The van der Waals surface area contributed by atoms with Crippen LogP contribution in [-0.4, -0.2) is 33.2 Å². The van der Waals surface area contributed by atoms with E-state index in [4.69, 9.17) is 9.47 Å². The summed E-state index contributed by atoms with van der Waals surface area (Å²) in [5.41, 5.74) is 2.01. The summed E-state index contributed by atoms with van der Waals surface area (Å²) in [4.78, 5) is 12.1. The molecular formula is C20H31ClN2O3. The van der Waals surface area contributed by atoms with E-state index in [2.05, 4.69) is 17.2 Å². The van der Waals surface area contributed by atoms with E-state index < -0.39 is 0 Å². The summed E-state index contributed by atoms with van der Waals surface area (Å²) < 4.78 is 10.9. The van der Waals surface area contributed by atoms with Crippen LogP contribution in [0.1, 0.15) is 36.8 Å². The monoisotopic (exact) mass is 382 g/mol. The number of carbonyl (C=O) groups excluding carboxylic acids is 1. The van der Waals surface area contributed by atoms with Crippen LogP contribution in [-0.2, 0) is 17.8 Å². The van der Waals surface area contributed by atoms with Crippen LogP contribution in [0.5, 0.6) is 11.5 Å². The zero-order valence-electron chi connectivity index (χ0n) is 15.8. The molecule has 0 unspecified atom stereocenters. The van der Waals surface area contributed by atoms with E-state index in [1.807, 2.05) is 18.2 Å². The Kier molecular flexibility index (Phi) is 10.1. The van der Waals surface area contributed by atoms with E-state index in [1.165, 1.54) is 12.8 Å². The summed E-state index contributed by atoms with van der Waals surface area (Å²) in [6.07, 6.45) is 6.44. The molecule has 1 aliphatic rings. The lowest BCUT2D eigenvalue weighted by molar-refractivity contribution is -0.121. The number of benzene rings is 1. The largest absolute Gasteiger partial charge is 0.493 e. The first kappa shape index (κ1) is 22.3. The predicted molar refractivity (Wildman–Crippen MR) is 107 cm³/mol. The fourth-order valence-corrected chi connectivity index (χ4v) is 3.31. The molecule has 0 atom stereocenters. The van der Waals surface area contributed by atoms with Crippen LogP contribution in [0.3, 0.4) is 0 Å². The maximum absolute atomic E-state index is 12.1. The van der Waals surface area contributed by atoms with Crippen LogP contribution in [0.4, 0.5) is 0 Å². The summed E-state index contributed by atoms with van der Waals surface area (Å²) in [5, 5.41) is 6.37. The van der Waals surface area contributed by atoms with Gasteiger partial charge in [0.15, 0.2) is 11.5 Å². The van der Waals surface area contributed by atoms with E-state index in [9.17, 15) is 4.79 Å². The highest BCUT2D eigenvalue weighted by atomic mass is 35.5. The number of piperidine rings is 1. The third kappa shape index (κ3) is 6.54. The van der Waals surface area contributed by atoms with Gasteiger partial charge in [0, 0.05) is 18.5 Å². The van der Waals surface area contributed by atoms with Crippen LogP contribution < -0.4 is 20.1 Å².